The molecule has 10 heterocycles. The van der Waals surface area contributed by atoms with Crippen molar-refractivity contribution >= 4 is 91.5 Å². The first-order chi connectivity index (χ1) is 63.4. The molecular weight excluding hydrogens is 1680 g/mol. The Morgan fingerprint density at radius 1 is 0.389 bits per heavy atom. The highest BCUT2D eigenvalue weighted by Gasteiger charge is 2.36. The number of nitrogen functional groups attached to an aromatic ring is 3. The van der Waals surface area contributed by atoms with E-state index in [2.05, 4.69) is 114 Å². The number of pyridine rings is 1. The first-order valence-electron chi connectivity index (χ1n) is 44.5. The molecule has 6 fully saturated rings. The number of carboxylic acid groups (broad SMARTS) is 4. The van der Waals surface area contributed by atoms with Crippen LogP contribution < -0.4 is 43.4 Å². The summed E-state index contributed by atoms with van der Waals surface area (Å²) in [4.78, 5) is 83.8. The Hall–Kier alpha value is -13.4. The summed E-state index contributed by atoms with van der Waals surface area (Å²) in [7, 11) is 6.59. The third kappa shape index (κ3) is 24.6. The lowest BCUT2D eigenvalue weighted by atomic mass is 9.90. The molecule has 3 aliphatic heterocycles. The van der Waals surface area contributed by atoms with E-state index in [1.807, 2.05) is 99.0 Å². The highest BCUT2D eigenvalue weighted by Crippen LogP contribution is 2.43. The van der Waals surface area contributed by atoms with E-state index < -0.39 is 23.9 Å². The summed E-state index contributed by atoms with van der Waals surface area (Å²) in [5.74, 6) is -5.50. The van der Waals surface area contributed by atoms with Crippen LogP contribution in [-0.2, 0) is 38.7 Å². The van der Waals surface area contributed by atoms with Crippen molar-refractivity contribution in [1.82, 2.24) is 93.6 Å². The molecule has 33 nitrogen and oxygen atoms in total. The molecule has 131 heavy (non-hydrogen) atoms. The number of halogens is 3. The number of nitrogens with two attached hydrogens (primary N) is 3. The van der Waals surface area contributed by atoms with Crippen LogP contribution in [0.15, 0.2) is 183 Å². The Balaban J connectivity index is 0.000000146. The summed E-state index contributed by atoms with van der Waals surface area (Å²) in [6, 6.07) is 43.9. The van der Waals surface area contributed by atoms with E-state index in [1.165, 1.54) is 42.7 Å². The molecule has 3 saturated heterocycles. The molecule has 3 aliphatic carbocycles. The fourth-order valence-electron chi connectivity index (χ4n) is 18.1. The molecule has 12 aromatic rings. The van der Waals surface area contributed by atoms with Gasteiger partial charge in [0.1, 0.15) is 71.0 Å². The number of nitrogens with one attached hydrogen (secondary N) is 3. The predicted molar refractivity (Wildman–Crippen MR) is 494 cm³/mol. The third-order valence-electron chi connectivity index (χ3n) is 25.3. The van der Waals surface area contributed by atoms with Crippen molar-refractivity contribution in [2.45, 2.75) is 133 Å². The maximum Gasteiger partial charge on any atom is 0.328 e. The predicted octanol–water partition coefficient (Wildman–Crippen LogP) is 9.87. The molecule has 5 aromatic carbocycles. The Bertz CT molecular complexity index is 5620. The number of carbonyl (C=O) groups excluding carboxylic acids is 2. The van der Waals surface area contributed by atoms with Crippen LogP contribution in [-0.4, -0.2) is 252 Å². The minimum Gasteiger partial charge on any atom is -0.545 e. The van der Waals surface area contributed by atoms with Crippen LogP contribution in [0.1, 0.15) is 112 Å². The molecule has 688 valence electrons. The molecule has 3 saturated carbocycles. The molecule has 6 aliphatic rings. The molecule has 0 bridgehead atoms. The Kier molecular flexibility index (Phi) is 32.0. The number of fused-ring (bicyclic) bond motifs is 3. The molecule has 0 radical (unpaired) electrons. The first-order valence-corrected chi connectivity index (χ1v) is 44.5. The number of aromatic nitrogens is 13. The molecule has 18 rings (SSSR count). The van der Waals surface area contributed by atoms with Gasteiger partial charge >= 0.3 is 11.9 Å². The number of nitrogens with zero attached hydrogens (tertiary/aromatic N) is 19. The first kappa shape index (κ1) is 93.7. The van der Waals surface area contributed by atoms with Gasteiger partial charge in [-0.2, -0.15) is 15.3 Å². The molecule has 0 atom stereocenters. The lowest BCUT2D eigenvalue weighted by molar-refractivity contribution is -0.298. The number of hydrogen-bond acceptors (Lipinski definition) is 28. The zero-order valence-electron chi connectivity index (χ0n) is 73.8. The molecule has 0 unspecified atom stereocenters. The Labute approximate surface area is 757 Å². The van der Waals surface area contributed by atoms with Crippen molar-refractivity contribution in [3.05, 3.63) is 217 Å². The number of piperazine rings is 3. The number of hydrogen-bond donors (Lipinski definition) is 8. The summed E-state index contributed by atoms with van der Waals surface area (Å²) in [6.45, 7) is 15.3. The maximum absolute atomic E-state index is 15.2. The molecular formula is C95H112F3N25O8-2. The molecule has 0 spiro atoms. The van der Waals surface area contributed by atoms with E-state index >= 15 is 13.2 Å². The van der Waals surface area contributed by atoms with Gasteiger partial charge in [0.25, 0.3) is 0 Å². The van der Waals surface area contributed by atoms with Crippen molar-refractivity contribution in [2.75, 3.05) is 139 Å². The third-order valence-corrected chi connectivity index (χ3v) is 25.3. The molecule has 7 aromatic heterocycles. The topological polar surface area (TPSA) is 432 Å². The van der Waals surface area contributed by atoms with Crippen LogP contribution in [0.5, 0.6) is 0 Å². The lowest BCUT2D eigenvalue weighted by Crippen LogP contribution is -2.49. The second-order valence-corrected chi connectivity index (χ2v) is 33.9. The van der Waals surface area contributed by atoms with Crippen LogP contribution in [0.3, 0.4) is 0 Å². The van der Waals surface area contributed by atoms with E-state index in [0.717, 1.165) is 185 Å². The van der Waals surface area contributed by atoms with Gasteiger partial charge in [-0.1, -0.05) is 84.9 Å². The molecule has 0 amide bonds. The van der Waals surface area contributed by atoms with Crippen LogP contribution in [0.2, 0.25) is 0 Å². The SMILES string of the molecule is CN1CCN(C2CCC(n3nc(-c4ccc(NCCc5ccccc5)c(F)c4)c4c(N)ncnc43)CC2)CC1.CN1CCN(C2CCC(n3nc(-c4ccc(NCc5ccccc5)c(F)c4)c4c(N)ncnc43)CC2)CC1.CN1CCN(C2CCC(n3nc(-c4ccc(NCc5ccccn5)c(F)c4)c4c(N)ncnc43)CC2)CC1.O=C([O-])/C=C\C(=O)O.O=C([O-])/C=C\C(=O)O. The van der Waals surface area contributed by atoms with E-state index in [9.17, 15) is 29.4 Å². The largest absolute Gasteiger partial charge is 0.545 e. The number of rotatable bonds is 23. The normalized spacial score (nSPS) is 19.6. The highest BCUT2D eigenvalue weighted by atomic mass is 19.1. The van der Waals surface area contributed by atoms with Crippen molar-refractivity contribution in [1.29, 1.82) is 0 Å². The number of anilines is 6. The van der Waals surface area contributed by atoms with E-state index in [4.69, 9.17) is 42.7 Å². The number of likely N-dealkylation sites (N-methyl/N-ethyl adjacent to an activating group) is 3. The monoisotopic (exact) mass is 1790 g/mol. The fraction of sp³-hybridized carbons (Fsp3) is 0.389. The number of aliphatic carboxylic acids is 4. The second-order valence-electron chi connectivity index (χ2n) is 33.9. The molecule has 36 heteroatoms. The summed E-state index contributed by atoms with van der Waals surface area (Å²) < 4.78 is 51.6. The fourth-order valence-corrected chi connectivity index (χ4v) is 18.1. The Morgan fingerprint density at radius 2 is 0.710 bits per heavy atom. The van der Waals surface area contributed by atoms with Gasteiger partial charge in [0, 0.05) is 145 Å². The van der Waals surface area contributed by atoms with Crippen LogP contribution in [0, 0.1) is 17.5 Å². The highest BCUT2D eigenvalue weighted by molar-refractivity contribution is 6.01. The van der Waals surface area contributed by atoms with E-state index in [-0.39, 0.29) is 35.6 Å². The second kappa shape index (κ2) is 44.8. The van der Waals surface area contributed by atoms with Gasteiger partial charge in [0.05, 0.1) is 75.5 Å². The molecule has 11 N–H and O–H groups in total. The smallest absolute Gasteiger partial charge is 0.328 e. The van der Waals surface area contributed by atoms with Gasteiger partial charge in [-0.15, -0.1) is 0 Å². The summed E-state index contributed by atoms with van der Waals surface area (Å²) in [5, 5.41) is 61.0. The van der Waals surface area contributed by atoms with Crippen LogP contribution >= 0.6 is 0 Å². The van der Waals surface area contributed by atoms with Gasteiger partial charge in [0.15, 0.2) is 16.9 Å². The van der Waals surface area contributed by atoms with Gasteiger partial charge < -0.3 is 77.9 Å². The van der Waals surface area contributed by atoms with E-state index in [1.54, 1.807) is 24.4 Å². The van der Waals surface area contributed by atoms with Crippen molar-refractivity contribution in [3.8, 4) is 33.8 Å². The van der Waals surface area contributed by atoms with Gasteiger partial charge in [-0.25, -0.2) is 66.7 Å². The number of benzene rings is 5. The Morgan fingerprint density at radius 3 is 1.02 bits per heavy atom. The average Bonchev–Trinajstić information content (AvgIpc) is 1.62. The summed E-state index contributed by atoms with van der Waals surface area (Å²) in [5.41, 5.74) is 29.5. The lowest BCUT2D eigenvalue weighted by Gasteiger charge is -2.41. The zero-order chi connectivity index (χ0) is 92.0. The van der Waals surface area contributed by atoms with Gasteiger partial charge in [0.2, 0.25) is 0 Å². The van der Waals surface area contributed by atoms with Crippen molar-refractivity contribution in [2.24, 2.45) is 0 Å². The van der Waals surface area contributed by atoms with Gasteiger partial charge in [-0.3, -0.25) is 19.7 Å². The minimum absolute atomic E-state index is 0.230. The van der Waals surface area contributed by atoms with Crippen molar-refractivity contribution in [3.63, 3.8) is 0 Å². The van der Waals surface area contributed by atoms with E-state index in [0.29, 0.717) is 152 Å². The quantitative estimate of drug-likeness (QED) is 0.0276. The summed E-state index contributed by atoms with van der Waals surface area (Å²) in [6.07, 6.45) is 22.0. The average molecular weight is 1790 g/mol. The minimum atomic E-state index is -1.51. The number of carboxylic acids is 4. The summed E-state index contributed by atoms with van der Waals surface area (Å²) >= 11 is 0. The number of carbonyl (C=O) groups is 4. The van der Waals surface area contributed by atoms with Gasteiger partial charge in [-0.05, 0) is 176 Å². The maximum atomic E-state index is 15.2. The van der Waals surface area contributed by atoms with Crippen LogP contribution in [0.4, 0.5) is 47.7 Å². The van der Waals surface area contributed by atoms with Crippen LogP contribution in [0.25, 0.3) is 66.9 Å². The standard InChI is InChI=1S/C30H37FN8.C29H35FN8.C28H34FN9.2C4H4O4/c1-37-15-17-38(18-16-37)23-8-10-24(11-9-23)39-30-27(29(32)34-20-35-30)28(36-39)22-7-12-26(25(31)19-22)33-14-13-21-5-3-2-4-6-21;1-36-13-15-37(16-14-36)22-8-10-23(11-9-22)38-29-26(28(31)33-19-34-29)27(35-38)21-7-12-25(24(30)17-21)32-18-20-5-3-2-4-6-20;1-36-12-14-37(15-13-36)21-6-8-22(9-7-21)38-28-25(27(30)33-18-34-28)26(35-38)19-5-10-24(23(29)16-19)32-17-20-4-2-3-11-31-20;2*5-3(6)1-2-4(7)8/h2-7,12,19-20,23-24,33H,8-11,13-18H2,1H3,(H2,32,34,35);2-7,12,17,19,22-23,32H,8-11,13-16,18H2,1H3,(H2,31,33,34);2-5,10-11,16,18,21-22,32H,6-9,12-15,17H2,1H3,(H2,30,33,34);2*1-2H,(H,5,6)(H,7,8)/p-2/b;;;2*2-1-. The van der Waals surface area contributed by atoms with Crippen molar-refractivity contribution < 1.29 is 52.8 Å². The zero-order valence-corrected chi connectivity index (χ0v) is 73.8.